The van der Waals surface area contributed by atoms with Gasteiger partial charge in [-0.05, 0) is 54.3 Å². The number of carbonyl (C=O) groups excluding carboxylic acids is 1. The molecule has 3 aromatic rings. The van der Waals surface area contributed by atoms with E-state index in [2.05, 4.69) is 0 Å². The Morgan fingerprint density at radius 1 is 1.00 bits per heavy atom. The number of sulfonamides is 1. The van der Waals surface area contributed by atoms with Crippen LogP contribution in [0.4, 0.5) is 15.8 Å². The van der Waals surface area contributed by atoms with Crippen molar-refractivity contribution >= 4 is 27.3 Å². The van der Waals surface area contributed by atoms with E-state index in [0.717, 1.165) is 34.7 Å². The van der Waals surface area contributed by atoms with Crippen LogP contribution in [-0.4, -0.2) is 27.1 Å². The van der Waals surface area contributed by atoms with Crippen molar-refractivity contribution < 1.29 is 17.6 Å². The number of para-hydroxylation sites is 2. The zero-order valence-electron chi connectivity index (χ0n) is 17.2. The maximum absolute atomic E-state index is 14.2. The number of benzene rings is 3. The summed E-state index contributed by atoms with van der Waals surface area (Å²) in [5, 5.41) is 0. The molecule has 0 unspecified atom stereocenters. The molecule has 1 aliphatic heterocycles. The van der Waals surface area contributed by atoms with Gasteiger partial charge in [0.25, 0.3) is 5.91 Å². The lowest BCUT2D eigenvalue weighted by Crippen LogP contribution is -2.35. The lowest BCUT2D eigenvalue weighted by molar-refractivity contribution is 0.0985. The predicted octanol–water partition coefficient (Wildman–Crippen LogP) is 4.38. The molecule has 0 saturated carbocycles. The van der Waals surface area contributed by atoms with Gasteiger partial charge >= 0.3 is 0 Å². The molecule has 1 aliphatic rings. The molecular formula is C24H23FN2O3S. The van der Waals surface area contributed by atoms with Crippen LogP contribution < -0.4 is 9.21 Å². The lowest BCUT2D eigenvalue weighted by Gasteiger charge is -2.29. The van der Waals surface area contributed by atoms with Gasteiger partial charge in [0.1, 0.15) is 5.82 Å². The number of rotatable bonds is 5. The first-order chi connectivity index (χ1) is 14.8. The third-order valence-corrected chi connectivity index (χ3v) is 6.53. The van der Waals surface area contributed by atoms with Crippen LogP contribution in [0.2, 0.25) is 0 Å². The van der Waals surface area contributed by atoms with E-state index in [-0.39, 0.29) is 18.1 Å². The van der Waals surface area contributed by atoms with Crippen molar-refractivity contribution in [1.82, 2.24) is 0 Å². The Bertz CT molecular complexity index is 1210. The molecule has 7 heteroatoms. The highest BCUT2D eigenvalue weighted by Gasteiger charge is 2.24. The molecule has 0 atom stereocenters. The SMILES string of the molecule is CS(=O)(=O)N(Cc1ccc(C(=O)N2CCCc3ccccc32)cc1)c1ccccc1F. The molecule has 0 bridgehead atoms. The zero-order valence-corrected chi connectivity index (χ0v) is 18.0. The summed E-state index contributed by atoms with van der Waals surface area (Å²) in [7, 11) is -3.70. The van der Waals surface area contributed by atoms with Crippen molar-refractivity contribution in [3.05, 3.63) is 95.3 Å². The highest BCUT2D eigenvalue weighted by atomic mass is 32.2. The van der Waals surface area contributed by atoms with Gasteiger partial charge in [-0.15, -0.1) is 0 Å². The summed E-state index contributed by atoms with van der Waals surface area (Å²) in [6.07, 6.45) is 2.91. The summed E-state index contributed by atoms with van der Waals surface area (Å²) < 4.78 is 39.8. The third kappa shape index (κ3) is 4.46. The van der Waals surface area contributed by atoms with Gasteiger partial charge in [-0.25, -0.2) is 12.8 Å². The van der Waals surface area contributed by atoms with Gasteiger partial charge in [-0.1, -0.05) is 42.5 Å². The van der Waals surface area contributed by atoms with Crippen LogP contribution in [-0.2, 0) is 23.0 Å². The van der Waals surface area contributed by atoms with Crippen LogP contribution in [0.15, 0.2) is 72.8 Å². The second kappa shape index (κ2) is 8.51. The molecule has 0 saturated heterocycles. The monoisotopic (exact) mass is 438 g/mol. The molecular weight excluding hydrogens is 415 g/mol. The molecule has 1 heterocycles. The molecule has 160 valence electrons. The van der Waals surface area contributed by atoms with Gasteiger partial charge in [-0.2, -0.15) is 0 Å². The molecule has 1 amide bonds. The second-order valence-electron chi connectivity index (χ2n) is 7.61. The molecule has 31 heavy (non-hydrogen) atoms. The van der Waals surface area contributed by atoms with Crippen LogP contribution in [0.5, 0.6) is 0 Å². The van der Waals surface area contributed by atoms with Gasteiger partial charge in [-0.3, -0.25) is 9.10 Å². The van der Waals surface area contributed by atoms with Crippen molar-refractivity contribution in [1.29, 1.82) is 0 Å². The minimum atomic E-state index is -3.70. The number of anilines is 2. The van der Waals surface area contributed by atoms with Crippen LogP contribution in [0, 0.1) is 5.82 Å². The molecule has 0 N–H and O–H groups in total. The molecule has 0 aliphatic carbocycles. The van der Waals surface area contributed by atoms with E-state index < -0.39 is 15.8 Å². The molecule has 0 aromatic heterocycles. The summed E-state index contributed by atoms with van der Waals surface area (Å²) in [5.74, 6) is -0.698. The smallest absolute Gasteiger partial charge is 0.258 e. The first-order valence-corrected chi connectivity index (χ1v) is 11.9. The number of carbonyl (C=O) groups is 1. The molecule has 5 nitrogen and oxygen atoms in total. The first kappa shape index (κ1) is 21.1. The Balaban J connectivity index is 1.57. The summed E-state index contributed by atoms with van der Waals surface area (Å²) in [5.41, 5.74) is 3.27. The van der Waals surface area contributed by atoms with E-state index in [1.54, 1.807) is 35.2 Å². The highest BCUT2D eigenvalue weighted by molar-refractivity contribution is 7.92. The zero-order chi connectivity index (χ0) is 22.0. The van der Waals surface area contributed by atoms with E-state index >= 15 is 0 Å². The minimum absolute atomic E-state index is 0.00456. The summed E-state index contributed by atoms with van der Waals surface area (Å²) in [6, 6.07) is 20.5. The fourth-order valence-electron chi connectivity index (χ4n) is 3.85. The van der Waals surface area contributed by atoms with E-state index in [0.29, 0.717) is 17.7 Å². The third-order valence-electron chi connectivity index (χ3n) is 5.40. The van der Waals surface area contributed by atoms with Gasteiger partial charge in [0, 0.05) is 17.8 Å². The molecule has 3 aromatic carbocycles. The van der Waals surface area contributed by atoms with Crippen LogP contribution in [0.1, 0.15) is 27.9 Å². The van der Waals surface area contributed by atoms with Crippen LogP contribution in [0.3, 0.4) is 0 Å². The molecule has 0 spiro atoms. The summed E-state index contributed by atoms with van der Waals surface area (Å²) in [4.78, 5) is 14.9. The maximum Gasteiger partial charge on any atom is 0.258 e. The average molecular weight is 439 g/mol. The van der Waals surface area contributed by atoms with E-state index in [1.807, 2.05) is 24.3 Å². The standard InChI is InChI=1S/C24H23FN2O3S/c1-31(29,30)27(23-11-5-3-9-21(23)25)17-18-12-14-20(15-13-18)24(28)26-16-6-8-19-7-2-4-10-22(19)26/h2-5,7,9-15H,6,8,16-17H2,1H3. The van der Waals surface area contributed by atoms with Crippen molar-refractivity contribution in [3.63, 3.8) is 0 Å². The Hall–Kier alpha value is -3.19. The Kier molecular flexibility index (Phi) is 5.78. The number of nitrogens with zero attached hydrogens (tertiary/aromatic N) is 2. The van der Waals surface area contributed by atoms with Gasteiger partial charge < -0.3 is 4.90 Å². The van der Waals surface area contributed by atoms with Crippen LogP contribution >= 0.6 is 0 Å². The van der Waals surface area contributed by atoms with Crippen molar-refractivity contribution in [2.45, 2.75) is 19.4 Å². The summed E-state index contributed by atoms with van der Waals surface area (Å²) in [6.45, 7) is 0.632. The van der Waals surface area contributed by atoms with E-state index in [9.17, 15) is 17.6 Å². The second-order valence-corrected chi connectivity index (χ2v) is 9.51. The van der Waals surface area contributed by atoms with Crippen molar-refractivity contribution in [2.24, 2.45) is 0 Å². The number of halogens is 1. The number of aryl methyl sites for hydroxylation is 1. The fourth-order valence-corrected chi connectivity index (χ4v) is 4.74. The normalized spacial score (nSPS) is 13.5. The lowest BCUT2D eigenvalue weighted by atomic mass is 10.0. The van der Waals surface area contributed by atoms with Gasteiger partial charge in [0.05, 0.1) is 18.5 Å². The number of fused-ring (bicyclic) bond motifs is 1. The van der Waals surface area contributed by atoms with E-state index in [1.165, 1.54) is 18.2 Å². The largest absolute Gasteiger partial charge is 0.308 e. The Labute approximate surface area is 181 Å². The number of hydrogen-bond acceptors (Lipinski definition) is 3. The molecule has 0 radical (unpaired) electrons. The molecule has 0 fully saturated rings. The maximum atomic E-state index is 14.2. The summed E-state index contributed by atoms with van der Waals surface area (Å²) >= 11 is 0. The molecule has 4 rings (SSSR count). The predicted molar refractivity (Wildman–Crippen MR) is 120 cm³/mol. The Morgan fingerprint density at radius 3 is 2.39 bits per heavy atom. The van der Waals surface area contributed by atoms with E-state index in [4.69, 9.17) is 0 Å². The quantitative estimate of drug-likeness (QED) is 0.594. The number of amides is 1. The Morgan fingerprint density at radius 2 is 1.68 bits per heavy atom. The van der Waals surface area contributed by atoms with Crippen molar-refractivity contribution in [3.8, 4) is 0 Å². The van der Waals surface area contributed by atoms with Gasteiger partial charge in [0.2, 0.25) is 10.0 Å². The fraction of sp³-hybridized carbons (Fsp3) is 0.208. The van der Waals surface area contributed by atoms with Gasteiger partial charge in [0.15, 0.2) is 0 Å². The topological polar surface area (TPSA) is 57.7 Å². The minimum Gasteiger partial charge on any atom is -0.308 e. The highest BCUT2D eigenvalue weighted by Crippen LogP contribution is 2.28. The van der Waals surface area contributed by atoms with Crippen molar-refractivity contribution in [2.75, 3.05) is 22.0 Å². The van der Waals surface area contributed by atoms with Crippen LogP contribution in [0.25, 0.3) is 0 Å². The number of hydrogen-bond donors (Lipinski definition) is 0. The first-order valence-electron chi connectivity index (χ1n) is 10.1. The average Bonchev–Trinajstić information content (AvgIpc) is 2.77.